The van der Waals surface area contributed by atoms with Gasteiger partial charge in [0.2, 0.25) is 0 Å². The van der Waals surface area contributed by atoms with Gasteiger partial charge in [0.15, 0.2) is 11.5 Å². The standard InChI is InChI=1S/C24H31NO2/c1-25(18-20-8-5-4-6-9-20)15-7-10-19-11-13-21-16-23(26-2)24(27-3)17-22(21)14-12-19/h4-6,8-10,16-17H,7,11-15,18H2,1-3H3. The number of nitrogens with zero attached hydrogens (tertiary/aromatic N) is 1. The summed E-state index contributed by atoms with van der Waals surface area (Å²) in [5.74, 6) is 1.68. The Balaban J connectivity index is 1.54. The molecule has 27 heavy (non-hydrogen) atoms. The molecule has 0 saturated heterocycles. The summed E-state index contributed by atoms with van der Waals surface area (Å²) in [6.45, 7) is 2.10. The first-order valence-electron chi connectivity index (χ1n) is 9.83. The summed E-state index contributed by atoms with van der Waals surface area (Å²) < 4.78 is 10.9. The summed E-state index contributed by atoms with van der Waals surface area (Å²) in [4.78, 5) is 2.40. The fraction of sp³-hybridized carbons (Fsp3) is 0.417. The lowest BCUT2D eigenvalue weighted by Crippen LogP contribution is -2.18. The highest BCUT2D eigenvalue weighted by Crippen LogP contribution is 2.34. The maximum Gasteiger partial charge on any atom is 0.161 e. The van der Waals surface area contributed by atoms with Crippen LogP contribution in [0.3, 0.4) is 0 Å². The number of allylic oxidation sites excluding steroid dienone is 1. The van der Waals surface area contributed by atoms with Gasteiger partial charge in [0.1, 0.15) is 0 Å². The average Bonchev–Trinajstić information content (AvgIpc) is 2.89. The molecule has 2 aromatic rings. The molecule has 0 N–H and O–H groups in total. The van der Waals surface area contributed by atoms with Crippen molar-refractivity contribution in [3.8, 4) is 11.5 Å². The van der Waals surface area contributed by atoms with Crippen molar-refractivity contribution in [3.05, 3.63) is 70.8 Å². The number of hydrogen-bond acceptors (Lipinski definition) is 3. The maximum absolute atomic E-state index is 5.46. The van der Waals surface area contributed by atoms with E-state index in [2.05, 4.69) is 60.5 Å². The molecular weight excluding hydrogens is 334 g/mol. The van der Waals surface area contributed by atoms with E-state index >= 15 is 0 Å². The van der Waals surface area contributed by atoms with Gasteiger partial charge in [0.05, 0.1) is 14.2 Å². The van der Waals surface area contributed by atoms with E-state index in [1.807, 2.05) is 0 Å². The zero-order valence-corrected chi connectivity index (χ0v) is 16.8. The molecular formula is C24H31NO2. The highest BCUT2D eigenvalue weighted by Gasteiger charge is 2.15. The first-order valence-corrected chi connectivity index (χ1v) is 9.83. The van der Waals surface area contributed by atoms with Gasteiger partial charge < -0.3 is 14.4 Å². The Bertz CT molecular complexity index is 730. The molecule has 3 nitrogen and oxygen atoms in total. The maximum atomic E-state index is 5.46. The molecule has 0 aromatic heterocycles. The second kappa shape index (κ2) is 9.61. The van der Waals surface area contributed by atoms with E-state index in [1.54, 1.807) is 19.8 Å². The Labute approximate surface area is 163 Å². The molecule has 0 radical (unpaired) electrons. The van der Waals surface area contributed by atoms with E-state index < -0.39 is 0 Å². The quantitative estimate of drug-likeness (QED) is 0.507. The Kier molecular flexibility index (Phi) is 6.94. The van der Waals surface area contributed by atoms with Crippen molar-refractivity contribution in [1.29, 1.82) is 0 Å². The summed E-state index contributed by atoms with van der Waals surface area (Å²) >= 11 is 0. The van der Waals surface area contributed by atoms with Crippen LogP contribution in [0.5, 0.6) is 11.5 Å². The predicted molar refractivity (Wildman–Crippen MR) is 112 cm³/mol. The molecule has 0 aliphatic heterocycles. The van der Waals surface area contributed by atoms with E-state index in [1.165, 1.54) is 16.7 Å². The van der Waals surface area contributed by atoms with Crippen LogP contribution in [0.2, 0.25) is 0 Å². The SMILES string of the molecule is COc1cc2c(cc1OC)CCC(=CCCN(C)Cc1ccccc1)CC2. The van der Waals surface area contributed by atoms with Gasteiger partial charge in [0.25, 0.3) is 0 Å². The molecule has 1 aliphatic rings. The molecule has 0 heterocycles. The van der Waals surface area contributed by atoms with Crippen molar-refractivity contribution in [1.82, 2.24) is 4.90 Å². The van der Waals surface area contributed by atoms with Crippen LogP contribution in [0.25, 0.3) is 0 Å². The number of fused-ring (bicyclic) bond motifs is 1. The molecule has 0 bridgehead atoms. The molecule has 0 amide bonds. The predicted octanol–water partition coefficient (Wildman–Crippen LogP) is 5.03. The zero-order valence-electron chi connectivity index (χ0n) is 16.8. The van der Waals surface area contributed by atoms with Crippen LogP contribution < -0.4 is 9.47 Å². The molecule has 0 atom stereocenters. The normalized spacial score (nSPS) is 13.9. The van der Waals surface area contributed by atoms with Crippen molar-refractivity contribution < 1.29 is 9.47 Å². The second-order valence-electron chi connectivity index (χ2n) is 7.35. The Hall–Kier alpha value is -2.26. The van der Waals surface area contributed by atoms with Crippen molar-refractivity contribution >= 4 is 0 Å². The van der Waals surface area contributed by atoms with Gasteiger partial charge in [-0.1, -0.05) is 42.0 Å². The molecule has 0 spiro atoms. The fourth-order valence-corrected chi connectivity index (χ4v) is 3.81. The van der Waals surface area contributed by atoms with Gasteiger partial charge in [-0.25, -0.2) is 0 Å². The van der Waals surface area contributed by atoms with Crippen LogP contribution in [0.1, 0.15) is 36.0 Å². The minimum absolute atomic E-state index is 0.839. The lowest BCUT2D eigenvalue weighted by atomic mass is 10.0. The third-order valence-electron chi connectivity index (χ3n) is 5.38. The van der Waals surface area contributed by atoms with E-state index in [0.29, 0.717) is 0 Å². The number of benzene rings is 2. The monoisotopic (exact) mass is 365 g/mol. The van der Waals surface area contributed by atoms with Gasteiger partial charge in [-0.15, -0.1) is 0 Å². The Morgan fingerprint density at radius 2 is 1.48 bits per heavy atom. The molecule has 0 saturated carbocycles. The lowest BCUT2D eigenvalue weighted by molar-refractivity contribution is 0.333. The molecule has 1 aliphatic carbocycles. The van der Waals surface area contributed by atoms with Crippen LogP contribution in [-0.4, -0.2) is 32.7 Å². The molecule has 0 unspecified atom stereocenters. The van der Waals surface area contributed by atoms with Crippen molar-refractivity contribution in [2.45, 2.75) is 38.6 Å². The highest BCUT2D eigenvalue weighted by molar-refractivity contribution is 5.48. The molecule has 3 rings (SSSR count). The van der Waals surface area contributed by atoms with Gasteiger partial charge in [-0.2, -0.15) is 0 Å². The summed E-state index contributed by atoms with van der Waals surface area (Å²) in [6.07, 6.45) is 8.03. The highest BCUT2D eigenvalue weighted by atomic mass is 16.5. The van der Waals surface area contributed by atoms with Crippen molar-refractivity contribution in [2.24, 2.45) is 0 Å². The van der Waals surface area contributed by atoms with Crippen LogP contribution in [-0.2, 0) is 19.4 Å². The topological polar surface area (TPSA) is 21.7 Å². The van der Waals surface area contributed by atoms with E-state index in [9.17, 15) is 0 Å². The lowest BCUT2D eigenvalue weighted by Gasteiger charge is -2.16. The van der Waals surface area contributed by atoms with Gasteiger partial charge in [-0.05, 0) is 68.0 Å². The average molecular weight is 366 g/mol. The summed E-state index contributed by atoms with van der Waals surface area (Å²) in [5.41, 5.74) is 5.76. The van der Waals surface area contributed by atoms with E-state index in [4.69, 9.17) is 9.47 Å². The third-order valence-corrected chi connectivity index (χ3v) is 5.38. The molecule has 0 fully saturated rings. The van der Waals surface area contributed by atoms with Crippen molar-refractivity contribution in [3.63, 3.8) is 0 Å². The second-order valence-corrected chi connectivity index (χ2v) is 7.35. The third kappa shape index (κ3) is 5.36. The summed E-state index contributed by atoms with van der Waals surface area (Å²) in [5, 5.41) is 0. The summed E-state index contributed by atoms with van der Waals surface area (Å²) in [6, 6.07) is 15.0. The van der Waals surface area contributed by atoms with Crippen LogP contribution in [0.15, 0.2) is 54.1 Å². The van der Waals surface area contributed by atoms with E-state index in [-0.39, 0.29) is 0 Å². The molecule has 2 aromatic carbocycles. The van der Waals surface area contributed by atoms with Crippen molar-refractivity contribution in [2.75, 3.05) is 27.8 Å². The first kappa shape index (κ1) is 19.5. The number of rotatable bonds is 7. The smallest absolute Gasteiger partial charge is 0.161 e. The summed E-state index contributed by atoms with van der Waals surface area (Å²) in [7, 11) is 5.61. The Morgan fingerprint density at radius 3 is 2.04 bits per heavy atom. The largest absolute Gasteiger partial charge is 0.493 e. The number of hydrogen-bond donors (Lipinski definition) is 0. The minimum Gasteiger partial charge on any atom is -0.493 e. The van der Waals surface area contributed by atoms with Crippen LogP contribution >= 0.6 is 0 Å². The number of aryl methyl sites for hydroxylation is 2. The van der Waals surface area contributed by atoms with Gasteiger partial charge in [-0.3, -0.25) is 0 Å². The van der Waals surface area contributed by atoms with Gasteiger partial charge >= 0.3 is 0 Å². The Morgan fingerprint density at radius 1 is 0.889 bits per heavy atom. The molecule has 3 heteroatoms. The fourth-order valence-electron chi connectivity index (χ4n) is 3.81. The van der Waals surface area contributed by atoms with Crippen LogP contribution in [0.4, 0.5) is 0 Å². The van der Waals surface area contributed by atoms with Crippen LogP contribution in [0, 0.1) is 0 Å². The number of methoxy groups -OCH3 is 2. The first-order chi connectivity index (χ1) is 13.2. The molecule has 144 valence electrons. The zero-order chi connectivity index (χ0) is 19.1. The van der Waals surface area contributed by atoms with E-state index in [0.717, 1.165) is 56.7 Å². The number of ether oxygens (including phenoxy) is 2. The minimum atomic E-state index is 0.839. The van der Waals surface area contributed by atoms with Gasteiger partial charge in [0, 0.05) is 13.1 Å².